The molecule has 0 amide bonds. The lowest BCUT2D eigenvalue weighted by Gasteiger charge is -2.13. The molecule has 0 atom stereocenters. The summed E-state index contributed by atoms with van der Waals surface area (Å²) in [4.78, 5) is 4.25. The molecule has 0 radical (unpaired) electrons. The van der Waals surface area contributed by atoms with Crippen LogP contribution in [-0.4, -0.2) is 36.8 Å². The molecule has 0 aliphatic heterocycles. The van der Waals surface area contributed by atoms with Gasteiger partial charge in [0, 0.05) is 39.1 Å². The highest BCUT2D eigenvalue weighted by Crippen LogP contribution is 2.13. The topological polar surface area (TPSA) is 50.6 Å². The van der Waals surface area contributed by atoms with Crippen LogP contribution in [0.15, 0.2) is 53.8 Å². The van der Waals surface area contributed by atoms with Gasteiger partial charge in [-0.15, -0.1) is 24.0 Å². The van der Waals surface area contributed by atoms with Crippen molar-refractivity contribution in [2.45, 2.75) is 32.9 Å². The minimum Gasteiger partial charge on any atom is -0.491 e. The van der Waals surface area contributed by atoms with Crippen LogP contribution in [0, 0.1) is 0 Å². The number of halogens is 1. The molecule has 1 aromatic carbocycles. The van der Waals surface area contributed by atoms with E-state index in [9.17, 15) is 0 Å². The Balaban J connectivity index is 0.00000312. The summed E-state index contributed by atoms with van der Waals surface area (Å²) in [6.07, 6.45) is 5.27. The summed E-state index contributed by atoms with van der Waals surface area (Å²) >= 11 is 0. The lowest BCUT2D eigenvalue weighted by molar-refractivity contribution is 0.242. The van der Waals surface area contributed by atoms with Crippen LogP contribution in [0.1, 0.15) is 19.4 Å². The van der Waals surface area contributed by atoms with Crippen LogP contribution in [0.5, 0.6) is 5.75 Å². The van der Waals surface area contributed by atoms with Crippen molar-refractivity contribution in [3.63, 3.8) is 0 Å². The quantitative estimate of drug-likeness (QED) is 0.364. The number of rotatable bonds is 8. The Hall–Kier alpha value is -1.70. The van der Waals surface area contributed by atoms with Crippen LogP contribution in [0.3, 0.4) is 0 Å². The molecular formula is C19H29IN4O. The Labute approximate surface area is 167 Å². The number of aliphatic imine (C=N–C) groups is 1. The first-order valence-electron chi connectivity index (χ1n) is 8.48. The summed E-state index contributed by atoms with van der Waals surface area (Å²) in [5.74, 6) is 1.76. The zero-order valence-corrected chi connectivity index (χ0v) is 17.6. The van der Waals surface area contributed by atoms with Gasteiger partial charge in [-0.2, -0.15) is 0 Å². The second-order valence-corrected chi connectivity index (χ2v) is 5.91. The summed E-state index contributed by atoms with van der Waals surface area (Å²) < 4.78 is 7.80. The van der Waals surface area contributed by atoms with E-state index in [1.54, 1.807) is 7.05 Å². The van der Waals surface area contributed by atoms with Crippen molar-refractivity contribution in [2.24, 2.45) is 4.99 Å². The number of benzene rings is 1. The van der Waals surface area contributed by atoms with Gasteiger partial charge in [0.1, 0.15) is 5.75 Å². The van der Waals surface area contributed by atoms with E-state index < -0.39 is 0 Å². The number of nitrogens with one attached hydrogen (secondary N) is 2. The summed E-state index contributed by atoms with van der Waals surface area (Å²) in [7, 11) is 1.79. The highest BCUT2D eigenvalue weighted by Gasteiger charge is 2.00. The number of aromatic nitrogens is 1. The molecule has 6 heteroatoms. The minimum absolute atomic E-state index is 0. The average Bonchev–Trinajstić information content (AvgIpc) is 3.08. The van der Waals surface area contributed by atoms with Crippen molar-refractivity contribution in [2.75, 3.05) is 20.1 Å². The van der Waals surface area contributed by atoms with Gasteiger partial charge in [0.25, 0.3) is 0 Å². The van der Waals surface area contributed by atoms with Crippen molar-refractivity contribution in [3.8, 4) is 5.75 Å². The minimum atomic E-state index is 0. The van der Waals surface area contributed by atoms with Gasteiger partial charge in [-0.05, 0) is 50.1 Å². The Kier molecular flexibility index (Phi) is 10.1. The number of ether oxygens (including phenoxy) is 1. The Morgan fingerprint density at radius 2 is 1.72 bits per heavy atom. The number of hydrogen-bond donors (Lipinski definition) is 2. The number of hydrogen-bond acceptors (Lipinski definition) is 2. The van der Waals surface area contributed by atoms with Crippen molar-refractivity contribution in [1.82, 2.24) is 15.2 Å². The number of guanidine groups is 1. The van der Waals surface area contributed by atoms with E-state index in [1.807, 2.05) is 38.1 Å². The van der Waals surface area contributed by atoms with E-state index in [-0.39, 0.29) is 30.1 Å². The molecule has 0 saturated carbocycles. The van der Waals surface area contributed by atoms with E-state index >= 15 is 0 Å². The Morgan fingerprint density at radius 3 is 2.32 bits per heavy atom. The molecule has 1 aromatic heterocycles. The van der Waals surface area contributed by atoms with Crippen LogP contribution in [-0.2, 0) is 13.0 Å². The summed E-state index contributed by atoms with van der Waals surface area (Å²) in [6, 6.07) is 12.3. The highest BCUT2D eigenvalue weighted by molar-refractivity contribution is 14.0. The SMILES string of the molecule is CN=C(NCCc1ccc(OC(C)C)cc1)NCCn1cccc1.I. The molecule has 0 aliphatic rings. The van der Waals surface area contributed by atoms with E-state index in [2.05, 4.69) is 44.7 Å². The maximum atomic E-state index is 5.66. The molecule has 2 aromatic rings. The van der Waals surface area contributed by atoms with E-state index in [0.717, 1.165) is 37.8 Å². The molecule has 1 heterocycles. The molecule has 0 saturated heterocycles. The molecular weight excluding hydrogens is 427 g/mol. The maximum absolute atomic E-state index is 5.66. The van der Waals surface area contributed by atoms with Crippen LogP contribution >= 0.6 is 24.0 Å². The first-order chi connectivity index (χ1) is 11.7. The predicted molar refractivity (Wildman–Crippen MR) is 115 cm³/mol. The van der Waals surface area contributed by atoms with E-state index in [1.165, 1.54) is 5.56 Å². The average molecular weight is 456 g/mol. The van der Waals surface area contributed by atoms with Gasteiger partial charge >= 0.3 is 0 Å². The summed E-state index contributed by atoms with van der Waals surface area (Å²) in [6.45, 7) is 6.67. The zero-order valence-electron chi connectivity index (χ0n) is 15.2. The normalized spacial score (nSPS) is 11.1. The Morgan fingerprint density at radius 1 is 1.08 bits per heavy atom. The monoisotopic (exact) mass is 456 g/mol. The second-order valence-electron chi connectivity index (χ2n) is 5.91. The number of nitrogens with zero attached hydrogens (tertiary/aromatic N) is 2. The van der Waals surface area contributed by atoms with Gasteiger partial charge in [-0.1, -0.05) is 12.1 Å². The zero-order chi connectivity index (χ0) is 17.2. The summed E-state index contributed by atoms with van der Waals surface area (Å²) in [5.41, 5.74) is 1.28. The first-order valence-corrected chi connectivity index (χ1v) is 8.48. The predicted octanol–water partition coefficient (Wildman–Crippen LogP) is 3.30. The summed E-state index contributed by atoms with van der Waals surface area (Å²) in [5, 5.41) is 6.67. The molecule has 0 aliphatic carbocycles. The third-order valence-electron chi connectivity index (χ3n) is 3.55. The first kappa shape index (κ1) is 21.3. The van der Waals surface area contributed by atoms with Gasteiger partial charge in [0.2, 0.25) is 0 Å². The fourth-order valence-electron chi connectivity index (χ4n) is 2.38. The molecule has 0 bridgehead atoms. The lowest BCUT2D eigenvalue weighted by atomic mass is 10.1. The van der Waals surface area contributed by atoms with Gasteiger partial charge < -0.3 is 19.9 Å². The van der Waals surface area contributed by atoms with Crippen LogP contribution in [0.2, 0.25) is 0 Å². The molecule has 138 valence electrons. The molecule has 2 N–H and O–H groups in total. The molecule has 0 unspecified atom stereocenters. The highest BCUT2D eigenvalue weighted by atomic mass is 127. The third kappa shape index (κ3) is 8.29. The van der Waals surface area contributed by atoms with Gasteiger partial charge in [0.05, 0.1) is 6.10 Å². The van der Waals surface area contributed by atoms with Crippen molar-refractivity contribution in [3.05, 3.63) is 54.4 Å². The van der Waals surface area contributed by atoms with Crippen LogP contribution < -0.4 is 15.4 Å². The van der Waals surface area contributed by atoms with Gasteiger partial charge in [-0.25, -0.2) is 0 Å². The van der Waals surface area contributed by atoms with Gasteiger partial charge in [0.15, 0.2) is 5.96 Å². The fraction of sp³-hybridized carbons (Fsp3) is 0.421. The second kappa shape index (κ2) is 11.8. The van der Waals surface area contributed by atoms with E-state index in [4.69, 9.17) is 4.74 Å². The van der Waals surface area contributed by atoms with Crippen molar-refractivity contribution < 1.29 is 4.74 Å². The molecule has 0 fully saturated rings. The van der Waals surface area contributed by atoms with E-state index in [0.29, 0.717) is 0 Å². The maximum Gasteiger partial charge on any atom is 0.191 e. The largest absolute Gasteiger partial charge is 0.491 e. The molecule has 2 rings (SSSR count). The third-order valence-corrected chi connectivity index (χ3v) is 3.55. The molecule has 5 nitrogen and oxygen atoms in total. The van der Waals surface area contributed by atoms with Crippen molar-refractivity contribution >= 4 is 29.9 Å². The Bertz CT molecular complexity index is 609. The molecule has 25 heavy (non-hydrogen) atoms. The van der Waals surface area contributed by atoms with Crippen molar-refractivity contribution in [1.29, 1.82) is 0 Å². The molecule has 0 spiro atoms. The van der Waals surface area contributed by atoms with Gasteiger partial charge in [-0.3, -0.25) is 4.99 Å². The van der Waals surface area contributed by atoms with Crippen LogP contribution in [0.25, 0.3) is 0 Å². The van der Waals surface area contributed by atoms with Crippen LogP contribution in [0.4, 0.5) is 0 Å². The lowest BCUT2D eigenvalue weighted by Crippen LogP contribution is -2.39. The fourth-order valence-corrected chi connectivity index (χ4v) is 2.38. The smallest absolute Gasteiger partial charge is 0.191 e. The standard InChI is InChI=1S/C19H28N4O.HI/c1-16(2)24-18-8-6-17(7-9-18)10-11-21-19(20-3)22-12-15-23-13-4-5-14-23;/h4-9,13-14,16H,10-12,15H2,1-3H3,(H2,20,21,22);1H.